The summed E-state index contributed by atoms with van der Waals surface area (Å²) in [6.45, 7) is 0. The quantitative estimate of drug-likeness (QED) is 0.428. The number of hydrogen-bond acceptors (Lipinski definition) is 4. The van der Waals surface area contributed by atoms with Gasteiger partial charge >= 0.3 is 0 Å². The van der Waals surface area contributed by atoms with Gasteiger partial charge in [0.05, 0.1) is 23.3 Å². The van der Waals surface area contributed by atoms with Gasteiger partial charge in [-0.1, -0.05) is 60.7 Å². The maximum absolute atomic E-state index is 12.2. The molecule has 3 aromatic rings. The molecule has 0 aliphatic heterocycles. The molecule has 4 heteroatoms. The third-order valence-electron chi connectivity index (χ3n) is 4.34. The largest absolute Gasteiger partial charge is 0.289 e. The number of nitrogens with zero attached hydrogens (tertiary/aromatic N) is 2. The van der Waals surface area contributed by atoms with E-state index in [-0.39, 0.29) is 11.6 Å². The van der Waals surface area contributed by atoms with Crippen LogP contribution in [-0.4, -0.2) is 11.6 Å². The van der Waals surface area contributed by atoms with E-state index in [2.05, 4.69) is 0 Å². The molecule has 0 bridgehead atoms. The van der Waals surface area contributed by atoms with E-state index < -0.39 is 0 Å². The van der Waals surface area contributed by atoms with E-state index in [9.17, 15) is 9.59 Å². The van der Waals surface area contributed by atoms with Crippen LogP contribution in [0.25, 0.3) is 12.2 Å². The first-order chi connectivity index (χ1) is 14.6. The number of carbonyl (C=O) groups excluding carboxylic acids is 2. The van der Waals surface area contributed by atoms with Crippen molar-refractivity contribution in [2.75, 3.05) is 0 Å². The van der Waals surface area contributed by atoms with Gasteiger partial charge in [-0.3, -0.25) is 9.59 Å². The van der Waals surface area contributed by atoms with Crippen LogP contribution in [0.5, 0.6) is 0 Å². The summed E-state index contributed by atoms with van der Waals surface area (Å²) in [6, 6.07) is 24.5. The summed E-state index contributed by atoms with van der Waals surface area (Å²) in [4.78, 5) is 24.5. The highest BCUT2D eigenvalue weighted by molar-refractivity contribution is 6.07. The standard InChI is InChI=1S/C26H16N2O2/c27-17-21-3-1-5-23(15-21)25(29)13-11-19-7-9-20(10-8-19)12-14-26(30)24-6-2-4-22(16-24)18-28/h1-16H. The molecule has 0 fully saturated rings. The Balaban J connectivity index is 1.66. The molecule has 0 spiro atoms. The Bertz CT molecular complexity index is 1140. The minimum atomic E-state index is -0.179. The second kappa shape index (κ2) is 9.59. The Morgan fingerprint density at radius 1 is 0.633 bits per heavy atom. The summed E-state index contributed by atoms with van der Waals surface area (Å²) < 4.78 is 0. The van der Waals surface area contributed by atoms with Gasteiger partial charge in [0.25, 0.3) is 0 Å². The minimum Gasteiger partial charge on any atom is -0.289 e. The van der Waals surface area contributed by atoms with Crippen molar-refractivity contribution in [1.82, 2.24) is 0 Å². The second-order valence-corrected chi connectivity index (χ2v) is 6.45. The highest BCUT2D eigenvalue weighted by Crippen LogP contribution is 2.12. The van der Waals surface area contributed by atoms with Crippen LogP contribution >= 0.6 is 0 Å². The van der Waals surface area contributed by atoms with Crippen molar-refractivity contribution in [3.8, 4) is 12.1 Å². The Hall–Kier alpha value is -4.54. The molecule has 0 aromatic heterocycles. The third-order valence-corrected chi connectivity index (χ3v) is 4.34. The van der Waals surface area contributed by atoms with Gasteiger partial charge in [0.2, 0.25) is 0 Å². The number of nitriles is 2. The number of ketones is 2. The van der Waals surface area contributed by atoms with Gasteiger partial charge in [0.15, 0.2) is 11.6 Å². The SMILES string of the molecule is N#Cc1cccc(C(=O)C=Cc2ccc(C=CC(=O)c3cccc(C#N)c3)cc2)c1. The highest BCUT2D eigenvalue weighted by Gasteiger charge is 2.04. The summed E-state index contributed by atoms with van der Waals surface area (Å²) >= 11 is 0. The van der Waals surface area contributed by atoms with Crippen LogP contribution in [-0.2, 0) is 0 Å². The predicted molar refractivity (Wildman–Crippen MR) is 115 cm³/mol. The van der Waals surface area contributed by atoms with E-state index in [1.807, 2.05) is 36.4 Å². The Labute approximate surface area is 174 Å². The molecule has 0 atom stereocenters. The van der Waals surface area contributed by atoms with Gasteiger partial charge in [-0.25, -0.2) is 0 Å². The lowest BCUT2D eigenvalue weighted by atomic mass is 10.0. The fraction of sp³-hybridized carbons (Fsp3) is 0. The van der Waals surface area contributed by atoms with E-state index in [4.69, 9.17) is 10.5 Å². The topological polar surface area (TPSA) is 81.7 Å². The molecule has 0 aliphatic rings. The van der Waals surface area contributed by atoms with Crippen LogP contribution in [0.15, 0.2) is 84.9 Å². The molecule has 142 valence electrons. The molecule has 0 saturated heterocycles. The molecule has 3 aromatic carbocycles. The van der Waals surface area contributed by atoms with Gasteiger partial charge in [0.1, 0.15) is 0 Å². The average Bonchev–Trinajstić information content (AvgIpc) is 2.81. The van der Waals surface area contributed by atoms with Crippen LogP contribution in [0.4, 0.5) is 0 Å². The Kier molecular flexibility index (Phi) is 6.46. The maximum atomic E-state index is 12.2. The zero-order valence-electron chi connectivity index (χ0n) is 15.9. The lowest BCUT2D eigenvalue weighted by Gasteiger charge is -1.99. The zero-order chi connectivity index (χ0) is 21.3. The fourth-order valence-electron chi connectivity index (χ4n) is 2.74. The number of rotatable bonds is 6. The van der Waals surface area contributed by atoms with Crippen molar-refractivity contribution in [3.63, 3.8) is 0 Å². The van der Waals surface area contributed by atoms with Crippen molar-refractivity contribution in [1.29, 1.82) is 10.5 Å². The molecule has 0 aliphatic carbocycles. The normalized spacial score (nSPS) is 10.6. The molecule has 4 nitrogen and oxygen atoms in total. The lowest BCUT2D eigenvalue weighted by Crippen LogP contribution is -1.94. The first-order valence-corrected chi connectivity index (χ1v) is 9.14. The van der Waals surface area contributed by atoms with Crippen molar-refractivity contribution >= 4 is 23.7 Å². The average molecular weight is 388 g/mol. The number of benzene rings is 3. The van der Waals surface area contributed by atoms with E-state index in [0.29, 0.717) is 22.3 Å². The molecule has 0 N–H and O–H groups in total. The van der Waals surface area contributed by atoms with Crippen molar-refractivity contribution in [2.45, 2.75) is 0 Å². The molecular formula is C26H16N2O2. The summed E-state index contributed by atoms with van der Waals surface area (Å²) in [5.41, 5.74) is 3.49. The smallest absolute Gasteiger partial charge is 0.185 e. The van der Waals surface area contributed by atoms with Crippen molar-refractivity contribution in [3.05, 3.63) is 118 Å². The number of allylic oxidation sites excluding steroid dienone is 2. The maximum Gasteiger partial charge on any atom is 0.185 e. The molecule has 0 saturated carbocycles. The molecule has 0 heterocycles. The second-order valence-electron chi connectivity index (χ2n) is 6.45. The molecule has 3 rings (SSSR count). The van der Waals surface area contributed by atoms with Crippen LogP contribution < -0.4 is 0 Å². The van der Waals surface area contributed by atoms with Crippen LogP contribution in [0.1, 0.15) is 43.0 Å². The van der Waals surface area contributed by atoms with Gasteiger partial charge in [-0.15, -0.1) is 0 Å². The van der Waals surface area contributed by atoms with Gasteiger partial charge in [0, 0.05) is 11.1 Å². The highest BCUT2D eigenvalue weighted by atomic mass is 16.1. The van der Waals surface area contributed by atoms with Crippen molar-refractivity contribution in [2.24, 2.45) is 0 Å². The molecule has 0 amide bonds. The van der Waals surface area contributed by atoms with Crippen LogP contribution in [0, 0.1) is 22.7 Å². The third kappa shape index (κ3) is 5.25. The zero-order valence-corrected chi connectivity index (χ0v) is 15.9. The predicted octanol–water partition coefficient (Wildman–Crippen LogP) is 5.22. The Morgan fingerprint density at radius 2 is 1.03 bits per heavy atom. The summed E-state index contributed by atoms with van der Waals surface area (Å²) in [5, 5.41) is 17.9. The molecule has 0 radical (unpaired) electrons. The Morgan fingerprint density at radius 3 is 1.40 bits per heavy atom. The van der Waals surface area contributed by atoms with Gasteiger partial charge in [-0.2, -0.15) is 10.5 Å². The van der Waals surface area contributed by atoms with Gasteiger partial charge < -0.3 is 0 Å². The molecule has 30 heavy (non-hydrogen) atoms. The lowest BCUT2D eigenvalue weighted by molar-refractivity contribution is 0.103. The van der Waals surface area contributed by atoms with Crippen LogP contribution in [0.3, 0.4) is 0 Å². The molecular weight excluding hydrogens is 372 g/mol. The van der Waals surface area contributed by atoms with Crippen LogP contribution in [0.2, 0.25) is 0 Å². The first-order valence-electron chi connectivity index (χ1n) is 9.14. The van der Waals surface area contributed by atoms with E-state index in [1.165, 1.54) is 12.2 Å². The van der Waals surface area contributed by atoms with Crippen molar-refractivity contribution < 1.29 is 9.59 Å². The summed E-state index contributed by atoms with van der Waals surface area (Å²) in [5.74, 6) is -0.359. The number of hydrogen-bond donors (Lipinski definition) is 0. The number of carbonyl (C=O) groups is 2. The van der Waals surface area contributed by atoms with E-state index in [0.717, 1.165) is 11.1 Å². The van der Waals surface area contributed by atoms with E-state index >= 15 is 0 Å². The molecule has 0 unspecified atom stereocenters. The minimum absolute atomic E-state index is 0.179. The monoisotopic (exact) mass is 388 g/mol. The fourth-order valence-corrected chi connectivity index (χ4v) is 2.74. The summed E-state index contributed by atoms with van der Waals surface area (Å²) in [6.07, 6.45) is 6.33. The van der Waals surface area contributed by atoms with E-state index in [1.54, 1.807) is 60.7 Å². The van der Waals surface area contributed by atoms with Gasteiger partial charge in [-0.05, 0) is 47.5 Å². The summed E-state index contributed by atoms with van der Waals surface area (Å²) in [7, 11) is 0. The first kappa shape index (κ1) is 20.2.